The zero-order valence-electron chi connectivity index (χ0n) is 14.2. The summed E-state index contributed by atoms with van der Waals surface area (Å²) in [5.41, 5.74) is 2.75. The van der Waals surface area contributed by atoms with Crippen molar-refractivity contribution in [1.82, 2.24) is 19.2 Å². The summed E-state index contributed by atoms with van der Waals surface area (Å²) in [7, 11) is 0. The van der Waals surface area contributed by atoms with Crippen molar-refractivity contribution in [3.63, 3.8) is 0 Å². The highest BCUT2D eigenvalue weighted by molar-refractivity contribution is 7.19. The van der Waals surface area contributed by atoms with Crippen LogP contribution in [0.1, 0.15) is 21.8 Å². The Bertz CT molecular complexity index is 1150. The number of benzene rings is 1. The minimum Gasteiger partial charge on any atom is -0.279 e. The fraction of sp³-hybridized carbons (Fsp3) is 0.211. The summed E-state index contributed by atoms with van der Waals surface area (Å²) >= 11 is 1.62. The number of thiophene rings is 1. The highest BCUT2D eigenvalue weighted by atomic mass is 32.1. The molecule has 0 aliphatic heterocycles. The molecule has 6 heteroatoms. The van der Waals surface area contributed by atoms with Crippen LogP contribution in [0.3, 0.4) is 0 Å². The van der Waals surface area contributed by atoms with Gasteiger partial charge in [0.05, 0.1) is 5.39 Å². The largest absolute Gasteiger partial charge is 0.352 e. The standard InChI is InChI=1S/C19H18N4OS/c1-4-10-22-18-16(12(2)13(3)25-18)17-20-15(21-23(17)19(22)24)11-14-8-6-5-7-9-14/h4-9H,1,10-11H2,2-3H3. The molecule has 126 valence electrons. The fourth-order valence-corrected chi connectivity index (χ4v) is 4.21. The lowest BCUT2D eigenvalue weighted by atomic mass is 10.1. The van der Waals surface area contributed by atoms with Crippen molar-refractivity contribution in [3.8, 4) is 0 Å². The zero-order chi connectivity index (χ0) is 17.6. The van der Waals surface area contributed by atoms with Crippen LogP contribution in [0.4, 0.5) is 0 Å². The smallest absolute Gasteiger partial charge is 0.279 e. The van der Waals surface area contributed by atoms with Crippen molar-refractivity contribution in [2.24, 2.45) is 0 Å². The van der Waals surface area contributed by atoms with E-state index in [1.807, 2.05) is 30.3 Å². The summed E-state index contributed by atoms with van der Waals surface area (Å²) < 4.78 is 3.16. The van der Waals surface area contributed by atoms with Crippen molar-refractivity contribution in [2.75, 3.05) is 0 Å². The number of hydrogen-bond acceptors (Lipinski definition) is 4. The normalized spacial score (nSPS) is 11.4. The van der Waals surface area contributed by atoms with Gasteiger partial charge in [-0.1, -0.05) is 36.4 Å². The van der Waals surface area contributed by atoms with E-state index in [-0.39, 0.29) is 5.69 Å². The maximum absolute atomic E-state index is 12.9. The molecule has 0 aliphatic rings. The summed E-state index contributed by atoms with van der Waals surface area (Å²) in [6, 6.07) is 10.0. The molecule has 0 amide bonds. The summed E-state index contributed by atoms with van der Waals surface area (Å²) in [6.45, 7) is 8.37. The van der Waals surface area contributed by atoms with Gasteiger partial charge in [0.1, 0.15) is 4.83 Å². The fourth-order valence-electron chi connectivity index (χ4n) is 3.06. The Morgan fingerprint density at radius 3 is 2.72 bits per heavy atom. The third kappa shape index (κ3) is 2.49. The molecule has 3 heterocycles. The van der Waals surface area contributed by atoms with Crippen molar-refractivity contribution in [1.29, 1.82) is 0 Å². The van der Waals surface area contributed by atoms with E-state index in [1.165, 1.54) is 9.39 Å². The van der Waals surface area contributed by atoms with E-state index in [1.54, 1.807) is 22.0 Å². The first kappa shape index (κ1) is 15.8. The number of aromatic nitrogens is 4. The van der Waals surface area contributed by atoms with Gasteiger partial charge in [0.25, 0.3) is 0 Å². The van der Waals surface area contributed by atoms with Crippen LogP contribution in [0.25, 0.3) is 15.9 Å². The Morgan fingerprint density at radius 2 is 2.00 bits per heavy atom. The number of hydrogen-bond donors (Lipinski definition) is 0. The van der Waals surface area contributed by atoms with Gasteiger partial charge in [-0.15, -0.1) is 23.0 Å². The first-order valence-electron chi connectivity index (χ1n) is 8.13. The lowest BCUT2D eigenvalue weighted by Crippen LogP contribution is -2.27. The Balaban J connectivity index is 2.00. The van der Waals surface area contributed by atoms with Crippen LogP contribution in [-0.4, -0.2) is 19.2 Å². The average molecular weight is 350 g/mol. The van der Waals surface area contributed by atoms with Crippen molar-refractivity contribution in [2.45, 2.75) is 26.8 Å². The second-order valence-electron chi connectivity index (χ2n) is 6.07. The monoisotopic (exact) mass is 350 g/mol. The first-order valence-corrected chi connectivity index (χ1v) is 8.94. The van der Waals surface area contributed by atoms with Gasteiger partial charge < -0.3 is 0 Å². The van der Waals surface area contributed by atoms with Gasteiger partial charge in [-0.2, -0.15) is 4.52 Å². The quantitative estimate of drug-likeness (QED) is 0.529. The Hall–Kier alpha value is -2.73. The van der Waals surface area contributed by atoms with Crippen LogP contribution in [0.2, 0.25) is 0 Å². The minimum absolute atomic E-state index is 0.171. The third-order valence-corrected chi connectivity index (χ3v) is 5.65. The number of rotatable bonds is 4. The lowest BCUT2D eigenvalue weighted by Gasteiger charge is -2.05. The van der Waals surface area contributed by atoms with Gasteiger partial charge in [0.15, 0.2) is 11.5 Å². The highest BCUT2D eigenvalue weighted by Crippen LogP contribution is 2.31. The van der Waals surface area contributed by atoms with Crippen molar-refractivity contribution < 1.29 is 0 Å². The summed E-state index contributed by atoms with van der Waals surface area (Å²) in [5.74, 6) is 0.657. The number of nitrogens with zero attached hydrogens (tertiary/aromatic N) is 4. The summed E-state index contributed by atoms with van der Waals surface area (Å²) in [4.78, 5) is 19.7. The minimum atomic E-state index is -0.171. The molecule has 0 saturated carbocycles. The van der Waals surface area contributed by atoms with Gasteiger partial charge in [-0.05, 0) is 25.0 Å². The molecule has 0 saturated heterocycles. The maximum Gasteiger partial charge on any atom is 0.352 e. The molecule has 25 heavy (non-hydrogen) atoms. The number of aryl methyl sites for hydroxylation is 2. The van der Waals surface area contributed by atoms with Crippen LogP contribution < -0.4 is 5.69 Å². The molecular weight excluding hydrogens is 332 g/mol. The topological polar surface area (TPSA) is 52.2 Å². The molecule has 0 fully saturated rings. The molecule has 4 aromatic rings. The van der Waals surface area contributed by atoms with Crippen molar-refractivity contribution in [3.05, 3.63) is 75.3 Å². The van der Waals surface area contributed by atoms with Crippen LogP contribution in [0.5, 0.6) is 0 Å². The highest BCUT2D eigenvalue weighted by Gasteiger charge is 2.19. The SMILES string of the molecule is C=CCn1c(=O)n2nc(Cc3ccccc3)nc2c2c(C)c(C)sc21. The molecule has 0 unspecified atom stereocenters. The molecule has 0 N–H and O–H groups in total. The van der Waals surface area contributed by atoms with E-state index in [0.29, 0.717) is 24.4 Å². The Morgan fingerprint density at radius 1 is 1.24 bits per heavy atom. The van der Waals surface area contributed by atoms with Gasteiger partial charge >= 0.3 is 5.69 Å². The van der Waals surface area contributed by atoms with Crippen LogP contribution in [0, 0.1) is 13.8 Å². The zero-order valence-corrected chi connectivity index (χ0v) is 15.0. The molecule has 3 aromatic heterocycles. The first-order chi connectivity index (χ1) is 12.1. The van der Waals surface area contributed by atoms with Gasteiger partial charge in [0, 0.05) is 17.8 Å². The van der Waals surface area contributed by atoms with Crippen molar-refractivity contribution >= 4 is 27.2 Å². The predicted octanol–water partition coefficient (Wildman–Crippen LogP) is 3.50. The van der Waals surface area contributed by atoms with Crippen LogP contribution in [-0.2, 0) is 13.0 Å². The summed E-state index contributed by atoms with van der Waals surface area (Å²) in [6.07, 6.45) is 2.34. The predicted molar refractivity (Wildman–Crippen MR) is 102 cm³/mol. The molecule has 0 bridgehead atoms. The van der Waals surface area contributed by atoms with Gasteiger partial charge in [0.2, 0.25) is 0 Å². The number of fused-ring (bicyclic) bond motifs is 3. The Kier molecular flexibility index (Phi) is 3.77. The van der Waals surface area contributed by atoms with E-state index in [2.05, 4.69) is 25.5 Å². The van der Waals surface area contributed by atoms with E-state index >= 15 is 0 Å². The molecule has 5 nitrogen and oxygen atoms in total. The van der Waals surface area contributed by atoms with E-state index < -0.39 is 0 Å². The van der Waals surface area contributed by atoms with Crippen LogP contribution >= 0.6 is 11.3 Å². The van der Waals surface area contributed by atoms with Crippen LogP contribution in [0.15, 0.2) is 47.8 Å². The van der Waals surface area contributed by atoms with Gasteiger partial charge in [-0.3, -0.25) is 4.57 Å². The Labute approximate surface area is 148 Å². The molecule has 0 aliphatic carbocycles. The molecule has 0 radical (unpaired) electrons. The molecule has 1 aromatic carbocycles. The molecule has 0 spiro atoms. The third-order valence-electron chi connectivity index (χ3n) is 4.42. The number of allylic oxidation sites excluding steroid dienone is 1. The van der Waals surface area contributed by atoms with E-state index in [0.717, 1.165) is 21.3 Å². The average Bonchev–Trinajstić information content (AvgIpc) is 3.14. The second-order valence-corrected chi connectivity index (χ2v) is 7.27. The molecule has 4 rings (SSSR count). The second kappa shape index (κ2) is 5.97. The molecular formula is C19H18N4OS. The summed E-state index contributed by atoms with van der Waals surface area (Å²) in [5, 5.41) is 5.50. The van der Waals surface area contributed by atoms with E-state index in [9.17, 15) is 4.79 Å². The van der Waals surface area contributed by atoms with E-state index in [4.69, 9.17) is 4.98 Å². The maximum atomic E-state index is 12.9. The molecule has 0 atom stereocenters. The lowest BCUT2D eigenvalue weighted by molar-refractivity contribution is 0.725. The van der Waals surface area contributed by atoms with Gasteiger partial charge in [-0.25, -0.2) is 9.78 Å².